The van der Waals surface area contributed by atoms with Crippen LogP contribution in [0.5, 0.6) is 5.75 Å². The number of hydrogen-bond donors (Lipinski definition) is 0. The Kier molecular flexibility index (Phi) is 6.96. The van der Waals surface area contributed by atoms with Crippen molar-refractivity contribution >= 4 is 34.3 Å². The summed E-state index contributed by atoms with van der Waals surface area (Å²) >= 11 is 0. The Morgan fingerprint density at radius 2 is 1.32 bits per heavy atom. The predicted octanol–water partition coefficient (Wildman–Crippen LogP) is 4.29. The third kappa shape index (κ3) is 4.96. The number of anilines is 3. The van der Waals surface area contributed by atoms with Crippen molar-refractivity contribution in [2.75, 3.05) is 74.2 Å². The van der Waals surface area contributed by atoms with Crippen molar-refractivity contribution in [2.24, 2.45) is 0 Å². The minimum Gasteiger partial charge on any atom is -0.497 e. The van der Waals surface area contributed by atoms with Gasteiger partial charge < -0.3 is 24.3 Å². The molecule has 0 spiro atoms. The Morgan fingerprint density at radius 1 is 0.737 bits per heavy atom. The molecule has 0 saturated carbocycles. The van der Waals surface area contributed by atoms with Gasteiger partial charge >= 0.3 is 0 Å². The summed E-state index contributed by atoms with van der Waals surface area (Å²) in [5, 5.41) is 2.24. The van der Waals surface area contributed by atoms with Crippen LogP contribution < -0.4 is 19.4 Å². The second-order valence-electron chi connectivity index (χ2n) is 10.8. The van der Waals surface area contributed by atoms with E-state index >= 15 is 0 Å². The highest BCUT2D eigenvalue weighted by Gasteiger charge is 2.28. The summed E-state index contributed by atoms with van der Waals surface area (Å²) in [4.78, 5) is 32.5. The van der Waals surface area contributed by atoms with Gasteiger partial charge in [-0.1, -0.05) is 24.3 Å². The second-order valence-corrected chi connectivity index (χ2v) is 10.8. The lowest BCUT2D eigenvalue weighted by molar-refractivity contribution is -0.132. The van der Waals surface area contributed by atoms with Crippen LogP contribution in [0.4, 0.5) is 17.6 Å². The standard InChI is InChI=1S/C30H38N6O2/c1-22(23-7-8-25-20-26(38-2)10-9-24(25)19-23)29(37)35-17-15-34(16-18-35)28-21-27(33-11-3-4-12-33)31-30(32-28)36-13-5-6-14-36/h7-10,19-22H,3-6,11-18H2,1-2H3. The molecule has 3 fully saturated rings. The number of amides is 1. The van der Waals surface area contributed by atoms with Gasteiger partial charge in [-0.05, 0) is 61.1 Å². The minimum atomic E-state index is -0.185. The molecule has 1 atom stereocenters. The largest absolute Gasteiger partial charge is 0.497 e. The summed E-state index contributed by atoms with van der Waals surface area (Å²) in [7, 11) is 1.68. The van der Waals surface area contributed by atoms with E-state index < -0.39 is 0 Å². The maximum absolute atomic E-state index is 13.5. The molecule has 1 aromatic heterocycles. The Hall–Kier alpha value is -3.55. The van der Waals surface area contributed by atoms with E-state index in [2.05, 4.69) is 45.0 Å². The normalized spacial score (nSPS) is 18.9. The second kappa shape index (κ2) is 10.7. The summed E-state index contributed by atoms with van der Waals surface area (Å²) in [6.45, 7) is 9.20. The zero-order valence-corrected chi connectivity index (χ0v) is 22.6. The molecule has 3 aliphatic rings. The molecular weight excluding hydrogens is 476 g/mol. The number of hydrogen-bond acceptors (Lipinski definition) is 7. The van der Waals surface area contributed by atoms with Crippen LogP contribution in [-0.2, 0) is 4.79 Å². The molecule has 0 N–H and O–H groups in total. The lowest BCUT2D eigenvalue weighted by atomic mass is 9.96. The van der Waals surface area contributed by atoms with Crippen LogP contribution in [0.15, 0.2) is 42.5 Å². The molecule has 3 aliphatic heterocycles. The molecule has 0 bridgehead atoms. The number of methoxy groups -OCH3 is 1. The van der Waals surface area contributed by atoms with E-state index in [1.54, 1.807) is 7.11 Å². The Labute approximate surface area is 225 Å². The van der Waals surface area contributed by atoms with Crippen molar-refractivity contribution in [1.29, 1.82) is 0 Å². The fraction of sp³-hybridized carbons (Fsp3) is 0.500. The topological polar surface area (TPSA) is 65.0 Å². The Morgan fingerprint density at radius 3 is 1.97 bits per heavy atom. The average Bonchev–Trinajstić information content (AvgIpc) is 3.71. The van der Waals surface area contributed by atoms with Gasteiger partial charge in [0.25, 0.3) is 0 Å². The molecule has 4 heterocycles. The van der Waals surface area contributed by atoms with E-state index in [4.69, 9.17) is 14.7 Å². The molecule has 0 radical (unpaired) electrons. The molecule has 3 aromatic rings. The van der Waals surface area contributed by atoms with E-state index in [0.29, 0.717) is 13.1 Å². The van der Waals surface area contributed by atoms with Gasteiger partial charge in [0.2, 0.25) is 11.9 Å². The highest BCUT2D eigenvalue weighted by Crippen LogP contribution is 2.29. The first-order chi connectivity index (χ1) is 18.6. The molecule has 3 saturated heterocycles. The third-order valence-corrected chi connectivity index (χ3v) is 8.36. The van der Waals surface area contributed by atoms with Gasteiger partial charge in [-0.3, -0.25) is 4.79 Å². The summed E-state index contributed by atoms with van der Waals surface area (Å²) < 4.78 is 5.35. The maximum Gasteiger partial charge on any atom is 0.229 e. The number of carbonyl (C=O) groups excluding carboxylic acids is 1. The van der Waals surface area contributed by atoms with Crippen LogP contribution in [0.2, 0.25) is 0 Å². The fourth-order valence-electron chi connectivity index (χ4n) is 5.95. The Bertz CT molecular complexity index is 1260. The van der Waals surface area contributed by atoms with Crippen LogP contribution in [0.3, 0.4) is 0 Å². The van der Waals surface area contributed by atoms with Crippen molar-refractivity contribution in [3.05, 3.63) is 48.0 Å². The highest BCUT2D eigenvalue weighted by molar-refractivity contribution is 5.88. The number of piperazine rings is 1. The number of nitrogens with zero attached hydrogens (tertiary/aromatic N) is 6. The van der Waals surface area contributed by atoms with Crippen LogP contribution in [0.1, 0.15) is 44.1 Å². The molecule has 0 aliphatic carbocycles. The van der Waals surface area contributed by atoms with Crippen LogP contribution >= 0.6 is 0 Å². The van der Waals surface area contributed by atoms with Crippen LogP contribution in [0.25, 0.3) is 10.8 Å². The first-order valence-corrected chi connectivity index (χ1v) is 14.1. The third-order valence-electron chi connectivity index (χ3n) is 8.36. The smallest absolute Gasteiger partial charge is 0.229 e. The molecular formula is C30H38N6O2. The molecule has 2 aromatic carbocycles. The number of fused-ring (bicyclic) bond motifs is 1. The van der Waals surface area contributed by atoms with Gasteiger partial charge in [0, 0.05) is 58.4 Å². The number of rotatable bonds is 6. The van der Waals surface area contributed by atoms with E-state index in [-0.39, 0.29) is 11.8 Å². The van der Waals surface area contributed by atoms with Crippen molar-refractivity contribution in [2.45, 2.75) is 38.5 Å². The van der Waals surface area contributed by atoms with E-state index in [9.17, 15) is 4.79 Å². The van der Waals surface area contributed by atoms with Crippen molar-refractivity contribution in [3.63, 3.8) is 0 Å². The SMILES string of the molecule is COc1ccc2cc(C(C)C(=O)N3CCN(c4cc(N5CCCC5)nc(N5CCCC5)n4)CC3)ccc2c1. The monoisotopic (exact) mass is 514 g/mol. The van der Waals surface area contributed by atoms with Gasteiger partial charge in [-0.2, -0.15) is 9.97 Å². The van der Waals surface area contributed by atoms with Gasteiger partial charge in [-0.15, -0.1) is 0 Å². The summed E-state index contributed by atoms with van der Waals surface area (Å²) in [5.41, 5.74) is 1.05. The number of benzene rings is 2. The molecule has 8 heteroatoms. The number of aromatic nitrogens is 2. The summed E-state index contributed by atoms with van der Waals surface area (Å²) in [5.74, 6) is 3.76. The van der Waals surface area contributed by atoms with E-state index in [1.807, 2.05) is 24.0 Å². The van der Waals surface area contributed by atoms with Gasteiger partial charge in [-0.25, -0.2) is 0 Å². The maximum atomic E-state index is 13.5. The van der Waals surface area contributed by atoms with Crippen LogP contribution in [0, 0.1) is 0 Å². The molecule has 1 amide bonds. The first-order valence-electron chi connectivity index (χ1n) is 14.1. The van der Waals surface area contributed by atoms with Crippen molar-refractivity contribution in [3.8, 4) is 5.75 Å². The highest BCUT2D eigenvalue weighted by atomic mass is 16.5. The molecule has 6 rings (SSSR count). The van der Waals surface area contributed by atoms with Gasteiger partial charge in [0.05, 0.1) is 13.0 Å². The first kappa shape index (κ1) is 24.8. The lowest BCUT2D eigenvalue weighted by Gasteiger charge is -2.37. The van der Waals surface area contributed by atoms with Crippen molar-refractivity contribution < 1.29 is 9.53 Å². The number of carbonyl (C=O) groups is 1. The zero-order chi connectivity index (χ0) is 26.1. The van der Waals surface area contributed by atoms with Crippen LogP contribution in [-0.4, -0.2) is 80.2 Å². The number of ether oxygens (including phenoxy) is 1. The van der Waals surface area contributed by atoms with Gasteiger partial charge in [0.1, 0.15) is 17.4 Å². The molecule has 1 unspecified atom stereocenters. The minimum absolute atomic E-state index is 0.185. The van der Waals surface area contributed by atoms with E-state index in [1.165, 1.54) is 25.7 Å². The quantitative estimate of drug-likeness (QED) is 0.486. The predicted molar refractivity (Wildman–Crippen MR) is 153 cm³/mol. The van der Waals surface area contributed by atoms with E-state index in [0.717, 1.165) is 78.9 Å². The molecule has 200 valence electrons. The van der Waals surface area contributed by atoms with Crippen molar-refractivity contribution in [1.82, 2.24) is 14.9 Å². The van der Waals surface area contributed by atoms with Gasteiger partial charge in [0.15, 0.2) is 0 Å². The fourth-order valence-corrected chi connectivity index (χ4v) is 5.95. The lowest BCUT2D eigenvalue weighted by Crippen LogP contribution is -2.50. The Balaban J connectivity index is 1.15. The molecule has 38 heavy (non-hydrogen) atoms. The molecule has 8 nitrogen and oxygen atoms in total. The summed E-state index contributed by atoms with van der Waals surface area (Å²) in [6, 6.07) is 14.5. The summed E-state index contributed by atoms with van der Waals surface area (Å²) in [6.07, 6.45) is 4.86. The zero-order valence-electron chi connectivity index (χ0n) is 22.6. The average molecular weight is 515 g/mol.